The standard InChI is InChI=1S/C6H14O2S2.Na/c1-2-3-4-5-6-10(7,8)9;/h2-6H2,1H3,(H,7,8,9);/q;+1/p-1. The maximum absolute atomic E-state index is 10.4. The van der Waals surface area contributed by atoms with Gasteiger partial charge in [0.15, 0.2) is 0 Å². The van der Waals surface area contributed by atoms with Crippen molar-refractivity contribution in [2.75, 3.05) is 5.75 Å². The summed E-state index contributed by atoms with van der Waals surface area (Å²) in [4.78, 5) is 0. The minimum Gasteiger partial charge on any atom is -0.769 e. The van der Waals surface area contributed by atoms with E-state index in [1.54, 1.807) is 0 Å². The van der Waals surface area contributed by atoms with E-state index in [-0.39, 0.29) is 35.3 Å². The molecule has 0 aromatic heterocycles. The number of unbranched alkanes of at least 4 members (excludes halogenated alkanes) is 3. The molecular weight excluding hydrogens is 191 g/mol. The molecule has 0 amide bonds. The van der Waals surface area contributed by atoms with Crippen LogP contribution in [0.3, 0.4) is 0 Å². The minimum atomic E-state index is -3.12. The molecule has 11 heavy (non-hydrogen) atoms. The van der Waals surface area contributed by atoms with Gasteiger partial charge in [-0.2, -0.15) is 0 Å². The summed E-state index contributed by atoms with van der Waals surface area (Å²) in [6, 6.07) is 0. The van der Waals surface area contributed by atoms with Crippen LogP contribution >= 0.6 is 0 Å². The van der Waals surface area contributed by atoms with Crippen LogP contribution in [0.1, 0.15) is 32.6 Å². The summed E-state index contributed by atoms with van der Waals surface area (Å²) >= 11 is 4.21. The Morgan fingerprint density at radius 2 is 1.91 bits per heavy atom. The molecule has 1 atom stereocenters. The van der Waals surface area contributed by atoms with E-state index >= 15 is 0 Å². The van der Waals surface area contributed by atoms with Gasteiger partial charge in [0, 0.05) is 5.75 Å². The quantitative estimate of drug-likeness (QED) is 0.402. The molecule has 62 valence electrons. The first-order chi connectivity index (χ1) is 4.56. The molecular formula is C6H13NaO2S2. The molecule has 5 heteroatoms. The Bertz CT molecular complexity index is 165. The van der Waals surface area contributed by atoms with Crippen LogP contribution in [0.4, 0.5) is 0 Å². The van der Waals surface area contributed by atoms with Crippen LogP contribution in [0.15, 0.2) is 0 Å². The van der Waals surface area contributed by atoms with E-state index in [0.717, 1.165) is 25.7 Å². The molecule has 2 nitrogen and oxygen atoms in total. The first kappa shape index (κ1) is 14.8. The van der Waals surface area contributed by atoms with Gasteiger partial charge in [-0.05, 0) is 26.4 Å². The first-order valence-corrected chi connectivity index (χ1v) is 6.07. The van der Waals surface area contributed by atoms with Crippen molar-refractivity contribution in [2.45, 2.75) is 32.6 Å². The van der Waals surface area contributed by atoms with E-state index in [9.17, 15) is 8.76 Å². The summed E-state index contributed by atoms with van der Waals surface area (Å²) < 4.78 is 20.8. The Morgan fingerprint density at radius 1 is 1.36 bits per heavy atom. The van der Waals surface area contributed by atoms with E-state index in [0.29, 0.717) is 0 Å². The Morgan fingerprint density at radius 3 is 2.27 bits per heavy atom. The Balaban J connectivity index is 0. The van der Waals surface area contributed by atoms with Crippen LogP contribution in [0.5, 0.6) is 0 Å². The van der Waals surface area contributed by atoms with Gasteiger partial charge in [0.25, 0.3) is 0 Å². The summed E-state index contributed by atoms with van der Waals surface area (Å²) in [5.41, 5.74) is 0. The fourth-order valence-electron chi connectivity index (χ4n) is 0.706. The third-order valence-electron chi connectivity index (χ3n) is 1.25. The Hall–Kier alpha value is 1.33. The van der Waals surface area contributed by atoms with E-state index in [4.69, 9.17) is 0 Å². The number of hydrogen-bond acceptors (Lipinski definition) is 3. The van der Waals surface area contributed by atoms with Crippen molar-refractivity contribution in [3.8, 4) is 0 Å². The van der Waals surface area contributed by atoms with E-state index in [1.165, 1.54) is 0 Å². The number of hydrogen-bond donors (Lipinski definition) is 0. The molecule has 0 saturated heterocycles. The van der Waals surface area contributed by atoms with Crippen molar-refractivity contribution in [3.63, 3.8) is 0 Å². The van der Waals surface area contributed by atoms with Gasteiger partial charge in [0.2, 0.25) is 0 Å². The Labute approximate surface area is 95.9 Å². The van der Waals surface area contributed by atoms with Gasteiger partial charge in [-0.3, -0.25) is 4.21 Å². The maximum atomic E-state index is 10.4. The molecule has 0 fully saturated rings. The molecule has 0 aromatic rings. The first-order valence-electron chi connectivity index (χ1n) is 3.50. The van der Waals surface area contributed by atoms with Crippen molar-refractivity contribution in [3.05, 3.63) is 0 Å². The fraction of sp³-hybridized carbons (Fsp3) is 1.00. The molecule has 1 unspecified atom stereocenters. The largest absolute Gasteiger partial charge is 1.00 e. The Kier molecular flexibility index (Phi) is 10.7. The van der Waals surface area contributed by atoms with Crippen LogP contribution in [0.2, 0.25) is 0 Å². The summed E-state index contributed by atoms with van der Waals surface area (Å²) in [6.45, 7) is 2.09. The van der Waals surface area contributed by atoms with E-state index in [1.807, 2.05) is 0 Å². The normalized spacial score (nSPS) is 15.1. The second-order valence-corrected chi connectivity index (χ2v) is 5.37. The fourth-order valence-corrected chi connectivity index (χ4v) is 1.62. The van der Waals surface area contributed by atoms with Gasteiger partial charge in [0.05, 0.1) is 0 Å². The summed E-state index contributed by atoms with van der Waals surface area (Å²) in [7, 11) is -3.12. The van der Waals surface area contributed by atoms with Gasteiger partial charge in [-0.1, -0.05) is 26.2 Å². The van der Waals surface area contributed by atoms with Crippen LogP contribution in [0.25, 0.3) is 0 Å². The smallest absolute Gasteiger partial charge is 0.769 e. The van der Waals surface area contributed by atoms with Gasteiger partial charge < -0.3 is 4.55 Å². The minimum absolute atomic E-state index is 0. The van der Waals surface area contributed by atoms with Crippen LogP contribution < -0.4 is 29.6 Å². The molecule has 0 aromatic carbocycles. The number of rotatable bonds is 5. The summed E-state index contributed by atoms with van der Waals surface area (Å²) in [5, 5.41) is 0. The summed E-state index contributed by atoms with van der Waals surface area (Å²) in [6.07, 6.45) is 3.92. The monoisotopic (exact) mass is 204 g/mol. The SMILES string of the molecule is CCCCCCS(=O)([O-])=S.[Na+]. The van der Waals surface area contributed by atoms with Crippen LogP contribution in [-0.2, 0) is 20.0 Å². The van der Waals surface area contributed by atoms with Gasteiger partial charge >= 0.3 is 29.6 Å². The molecule has 0 saturated carbocycles. The van der Waals surface area contributed by atoms with Gasteiger partial charge in [-0.15, -0.1) is 0 Å². The third-order valence-corrected chi connectivity index (χ3v) is 2.54. The maximum Gasteiger partial charge on any atom is 1.00 e. The van der Waals surface area contributed by atoms with Crippen molar-refractivity contribution in [1.82, 2.24) is 0 Å². The molecule has 0 aliphatic rings. The van der Waals surface area contributed by atoms with Gasteiger partial charge in [-0.25, -0.2) is 0 Å². The van der Waals surface area contributed by atoms with Gasteiger partial charge in [0.1, 0.15) is 0 Å². The zero-order valence-electron chi connectivity index (χ0n) is 7.17. The van der Waals surface area contributed by atoms with E-state index < -0.39 is 8.77 Å². The molecule has 0 N–H and O–H groups in total. The summed E-state index contributed by atoms with van der Waals surface area (Å²) in [5.74, 6) is 0.169. The molecule has 0 heterocycles. The average Bonchev–Trinajstić information content (AvgIpc) is 1.78. The van der Waals surface area contributed by atoms with Crippen molar-refractivity contribution in [2.24, 2.45) is 0 Å². The second kappa shape index (κ2) is 7.95. The molecule has 0 rings (SSSR count). The van der Waals surface area contributed by atoms with E-state index in [2.05, 4.69) is 18.1 Å². The third kappa shape index (κ3) is 14.2. The van der Waals surface area contributed by atoms with Crippen molar-refractivity contribution < 1.29 is 38.3 Å². The predicted octanol–water partition coefficient (Wildman–Crippen LogP) is -1.55. The molecule has 0 aliphatic carbocycles. The van der Waals surface area contributed by atoms with Crippen LogP contribution in [-0.4, -0.2) is 14.5 Å². The second-order valence-electron chi connectivity index (χ2n) is 2.32. The average molecular weight is 204 g/mol. The zero-order valence-corrected chi connectivity index (χ0v) is 10.8. The van der Waals surface area contributed by atoms with Crippen molar-refractivity contribution >= 4 is 20.0 Å². The topological polar surface area (TPSA) is 40.1 Å². The molecule has 0 radical (unpaired) electrons. The molecule has 0 bridgehead atoms. The molecule has 0 aliphatic heterocycles. The zero-order chi connectivity index (χ0) is 8.04. The molecule has 0 spiro atoms. The predicted molar refractivity (Wildman–Crippen MR) is 45.3 cm³/mol. The van der Waals surface area contributed by atoms with Crippen molar-refractivity contribution in [1.29, 1.82) is 0 Å². The van der Waals surface area contributed by atoms with Crippen LogP contribution in [0, 0.1) is 0 Å².